The van der Waals surface area contributed by atoms with Crippen LogP contribution in [0.1, 0.15) is 84.1 Å². The highest BCUT2D eigenvalue weighted by molar-refractivity contribution is 5.74. The molecule has 0 amide bonds. The molecular formula is C29H39NO4. The van der Waals surface area contributed by atoms with Gasteiger partial charge in [-0.05, 0) is 50.3 Å². The number of benzene rings is 1. The van der Waals surface area contributed by atoms with E-state index < -0.39 is 0 Å². The van der Waals surface area contributed by atoms with Crippen LogP contribution < -0.4 is 4.74 Å². The van der Waals surface area contributed by atoms with E-state index in [-0.39, 0.29) is 24.5 Å². The second-order valence-electron chi connectivity index (χ2n) is 8.62. The molecule has 0 fully saturated rings. The maximum absolute atomic E-state index is 12.0. The normalized spacial score (nSPS) is 12.0. The SMILES string of the molecule is CCCCCCC/C=C\CC(=O)Oc1ccc(-c2ccc(CCC(C)OC(=O)CC)cc2)nc1. The monoisotopic (exact) mass is 465 g/mol. The summed E-state index contributed by atoms with van der Waals surface area (Å²) < 4.78 is 10.7. The lowest BCUT2D eigenvalue weighted by molar-refractivity contribution is -0.148. The fraction of sp³-hybridized carbons (Fsp3) is 0.483. The lowest BCUT2D eigenvalue weighted by atomic mass is 10.0. The van der Waals surface area contributed by atoms with Gasteiger partial charge in [0.1, 0.15) is 5.75 Å². The molecule has 184 valence electrons. The molecule has 0 aliphatic carbocycles. The maximum Gasteiger partial charge on any atom is 0.315 e. The molecule has 1 aromatic heterocycles. The molecule has 2 rings (SSSR count). The van der Waals surface area contributed by atoms with Crippen LogP contribution in [-0.4, -0.2) is 23.0 Å². The zero-order valence-electron chi connectivity index (χ0n) is 20.9. The van der Waals surface area contributed by atoms with Crippen molar-refractivity contribution < 1.29 is 19.1 Å². The Kier molecular flexibility index (Phi) is 12.7. The summed E-state index contributed by atoms with van der Waals surface area (Å²) in [6.45, 7) is 5.94. The first-order valence-corrected chi connectivity index (χ1v) is 12.6. The third-order valence-corrected chi connectivity index (χ3v) is 5.60. The number of allylic oxidation sites excluding steroid dienone is 1. The average Bonchev–Trinajstić information content (AvgIpc) is 2.85. The summed E-state index contributed by atoms with van der Waals surface area (Å²) >= 11 is 0. The maximum atomic E-state index is 12.0. The average molecular weight is 466 g/mol. The molecule has 0 saturated carbocycles. The minimum atomic E-state index is -0.278. The van der Waals surface area contributed by atoms with Gasteiger partial charge in [-0.25, -0.2) is 0 Å². The van der Waals surface area contributed by atoms with Gasteiger partial charge in [0.05, 0.1) is 24.4 Å². The second kappa shape index (κ2) is 15.8. The van der Waals surface area contributed by atoms with E-state index in [0.29, 0.717) is 12.2 Å². The Morgan fingerprint density at radius 2 is 1.71 bits per heavy atom. The number of hydrogen-bond acceptors (Lipinski definition) is 5. The summed E-state index contributed by atoms with van der Waals surface area (Å²) in [6.07, 6.45) is 15.0. The van der Waals surface area contributed by atoms with E-state index in [1.807, 2.05) is 31.2 Å². The van der Waals surface area contributed by atoms with Gasteiger partial charge in [-0.1, -0.05) is 75.9 Å². The van der Waals surface area contributed by atoms with Crippen LogP contribution in [0.4, 0.5) is 0 Å². The van der Waals surface area contributed by atoms with E-state index in [9.17, 15) is 9.59 Å². The Labute approximate surface area is 204 Å². The number of rotatable bonds is 15. The highest BCUT2D eigenvalue weighted by Gasteiger charge is 2.09. The highest BCUT2D eigenvalue weighted by Crippen LogP contribution is 2.21. The number of hydrogen-bond donors (Lipinski definition) is 0. The van der Waals surface area contributed by atoms with Gasteiger partial charge < -0.3 is 9.47 Å². The van der Waals surface area contributed by atoms with E-state index in [0.717, 1.165) is 30.5 Å². The lowest BCUT2D eigenvalue weighted by Crippen LogP contribution is -2.14. The predicted octanol–water partition coefficient (Wildman–Crippen LogP) is 7.24. The van der Waals surface area contributed by atoms with Crippen LogP contribution in [0.3, 0.4) is 0 Å². The first kappa shape index (κ1) is 27.3. The van der Waals surface area contributed by atoms with Gasteiger partial charge in [0.25, 0.3) is 0 Å². The Morgan fingerprint density at radius 1 is 0.941 bits per heavy atom. The number of nitrogens with zero attached hydrogens (tertiary/aromatic N) is 1. The summed E-state index contributed by atoms with van der Waals surface area (Å²) in [6, 6.07) is 11.8. The number of aryl methyl sites for hydroxylation is 1. The number of esters is 2. The van der Waals surface area contributed by atoms with Crippen molar-refractivity contribution >= 4 is 11.9 Å². The van der Waals surface area contributed by atoms with Crippen LogP contribution in [0.2, 0.25) is 0 Å². The zero-order valence-corrected chi connectivity index (χ0v) is 20.9. The topological polar surface area (TPSA) is 65.5 Å². The van der Waals surface area contributed by atoms with E-state index >= 15 is 0 Å². The van der Waals surface area contributed by atoms with Crippen LogP contribution in [0.25, 0.3) is 11.3 Å². The Balaban J connectivity index is 1.75. The van der Waals surface area contributed by atoms with Crippen LogP contribution in [-0.2, 0) is 20.7 Å². The van der Waals surface area contributed by atoms with Gasteiger partial charge in [0, 0.05) is 12.0 Å². The third-order valence-electron chi connectivity index (χ3n) is 5.60. The molecule has 5 heteroatoms. The van der Waals surface area contributed by atoms with Crippen molar-refractivity contribution in [2.45, 2.75) is 91.1 Å². The quantitative estimate of drug-likeness (QED) is 0.158. The van der Waals surface area contributed by atoms with E-state index in [1.54, 1.807) is 19.2 Å². The first-order valence-electron chi connectivity index (χ1n) is 12.6. The zero-order chi connectivity index (χ0) is 24.6. The molecular weight excluding hydrogens is 426 g/mol. The molecule has 0 N–H and O–H groups in total. The Bertz CT molecular complexity index is 887. The Morgan fingerprint density at radius 3 is 2.38 bits per heavy atom. The fourth-order valence-electron chi connectivity index (χ4n) is 3.53. The van der Waals surface area contributed by atoms with Crippen LogP contribution in [0, 0.1) is 0 Å². The summed E-state index contributed by atoms with van der Waals surface area (Å²) in [5.74, 6) is 0.0154. The van der Waals surface area contributed by atoms with E-state index in [1.165, 1.54) is 37.7 Å². The molecule has 1 unspecified atom stereocenters. The molecule has 0 saturated heterocycles. The molecule has 0 bridgehead atoms. The van der Waals surface area contributed by atoms with Gasteiger partial charge in [0.15, 0.2) is 0 Å². The number of carbonyl (C=O) groups excluding carboxylic acids is 2. The fourth-order valence-corrected chi connectivity index (χ4v) is 3.53. The van der Waals surface area contributed by atoms with Crippen molar-refractivity contribution in [3.63, 3.8) is 0 Å². The Hall–Kier alpha value is -2.95. The van der Waals surface area contributed by atoms with Crippen molar-refractivity contribution in [2.24, 2.45) is 0 Å². The van der Waals surface area contributed by atoms with Gasteiger partial charge in [0.2, 0.25) is 0 Å². The van der Waals surface area contributed by atoms with Crippen LogP contribution in [0.15, 0.2) is 54.7 Å². The van der Waals surface area contributed by atoms with Crippen molar-refractivity contribution in [2.75, 3.05) is 0 Å². The second-order valence-corrected chi connectivity index (χ2v) is 8.62. The molecule has 1 atom stereocenters. The summed E-state index contributed by atoms with van der Waals surface area (Å²) in [7, 11) is 0. The number of pyridine rings is 1. The standard InChI is InChI=1S/C29H39NO4/c1-4-6-7-8-9-10-11-12-13-29(32)34-26-20-21-27(30-22-26)25-18-16-24(17-19-25)15-14-23(3)33-28(31)5-2/h11-12,16-23H,4-10,13-15H2,1-3H3/b12-11-. The van der Waals surface area contributed by atoms with E-state index in [4.69, 9.17) is 9.47 Å². The van der Waals surface area contributed by atoms with Gasteiger partial charge in [-0.15, -0.1) is 0 Å². The van der Waals surface area contributed by atoms with Crippen molar-refractivity contribution in [1.82, 2.24) is 4.98 Å². The summed E-state index contributed by atoms with van der Waals surface area (Å²) in [4.78, 5) is 27.8. The minimum Gasteiger partial charge on any atom is -0.463 e. The smallest absolute Gasteiger partial charge is 0.315 e. The van der Waals surface area contributed by atoms with Gasteiger partial charge in [-0.3, -0.25) is 14.6 Å². The number of unbranched alkanes of at least 4 members (excludes halogenated alkanes) is 5. The first-order chi connectivity index (χ1) is 16.5. The third kappa shape index (κ3) is 10.8. The molecule has 34 heavy (non-hydrogen) atoms. The molecule has 1 heterocycles. The van der Waals surface area contributed by atoms with Crippen LogP contribution >= 0.6 is 0 Å². The molecule has 1 aromatic carbocycles. The van der Waals surface area contributed by atoms with E-state index in [2.05, 4.69) is 30.1 Å². The molecule has 0 radical (unpaired) electrons. The van der Waals surface area contributed by atoms with Crippen molar-refractivity contribution in [3.8, 4) is 17.0 Å². The minimum absolute atomic E-state index is 0.0879. The van der Waals surface area contributed by atoms with Gasteiger partial charge >= 0.3 is 11.9 Å². The molecule has 0 spiro atoms. The highest BCUT2D eigenvalue weighted by atomic mass is 16.5. The number of carbonyl (C=O) groups is 2. The van der Waals surface area contributed by atoms with Crippen molar-refractivity contribution in [1.29, 1.82) is 0 Å². The molecule has 0 aliphatic heterocycles. The van der Waals surface area contributed by atoms with Crippen molar-refractivity contribution in [3.05, 3.63) is 60.3 Å². The summed E-state index contributed by atoms with van der Waals surface area (Å²) in [5, 5.41) is 0. The molecule has 2 aromatic rings. The number of aromatic nitrogens is 1. The van der Waals surface area contributed by atoms with Gasteiger partial charge in [-0.2, -0.15) is 0 Å². The lowest BCUT2D eigenvalue weighted by Gasteiger charge is -2.12. The number of ether oxygens (including phenoxy) is 2. The summed E-state index contributed by atoms with van der Waals surface area (Å²) in [5.41, 5.74) is 3.00. The van der Waals surface area contributed by atoms with Crippen LogP contribution in [0.5, 0.6) is 5.75 Å². The largest absolute Gasteiger partial charge is 0.463 e. The predicted molar refractivity (Wildman–Crippen MR) is 137 cm³/mol. The molecule has 5 nitrogen and oxygen atoms in total. The molecule has 0 aliphatic rings.